The van der Waals surface area contributed by atoms with Crippen molar-refractivity contribution in [3.8, 4) is 0 Å². The van der Waals surface area contributed by atoms with Gasteiger partial charge in [-0.05, 0) is 30.4 Å². The van der Waals surface area contributed by atoms with Crippen LogP contribution in [0.15, 0.2) is 33.7 Å². The molecule has 1 aliphatic rings. The number of hydrogen-bond donors (Lipinski definition) is 0. The Bertz CT molecular complexity index is 1000. The molecule has 8 nitrogen and oxygen atoms in total. The van der Waals surface area contributed by atoms with Crippen LogP contribution in [0.3, 0.4) is 0 Å². The molecular weight excluding hydrogens is 416 g/mol. The number of amides is 1. The van der Waals surface area contributed by atoms with Gasteiger partial charge in [0.2, 0.25) is 21.8 Å². The Hall–Kier alpha value is -2.26. The Morgan fingerprint density at radius 3 is 2.74 bits per heavy atom. The second-order valence-corrected chi connectivity index (χ2v) is 10.3. The number of aryl methyl sites for hydroxylation is 1. The summed E-state index contributed by atoms with van der Waals surface area (Å²) in [6.07, 6.45) is 2.45. The predicted octanol–water partition coefficient (Wildman–Crippen LogP) is 2.68. The van der Waals surface area contributed by atoms with Gasteiger partial charge in [-0.2, -0.15) is 9.29 Å². The number of rotatable bonds is 9. The number of carbonyl (C=O) groups is 1. The zero-order valence-electron chi connectivity index (χ0n) is 18.7. The molecule has 170 valence electrons. The normalized spacial score (nSPS) is 17.4. The highest BCUT2D eigenvalue weighted by molar-refractivity contribution is 7.89. The van der Waals surface area contributed by atoms with Crippen molar-refractivity contribution in [1.82, 2.24) is 19.3 Å². The van der Waals surface area contributed by atoms with Gasteiger partial charge in [-0.3, -0.25) is 4.79 Å². The van der Waals surface area contributed by atoms with Gasteiger partial charge in [-0.15, -0.1) is 0 Å². The van der Waals surface area contributed by atoms with E-state index in [-0.39, 0.29) is 11.9 Å². The molecule has 1 saturated heterocycles. The molecule has 1 aromatic heterocycles. The first-order chi connectivity index (χ1) is 14.7. The first-order valence-electron chi connectivity index (χ1n) is 10.9. The van der Waals surface area contributed by atoms with Crippen LogP contribution in [0.1, 0.15) is 51.4 Å². The molecule has 0 saturated carbocycles. The molecule has 9 heteroatoms. The second kappa shape index (κ2) is 9.91. The minimum Gasteiger partial charge on any atom is -0.339 e. The van der Waals surface area contributed by atoms with Crippen LogP contribution in [0, 0.1) is 5.92 Å². The summed E-state index contributed by atoms with van der Waals surface area (Å²) < 4.78 is 33.2. The maximum atomic E-state index is 13.2. The summed E-state index contributed by atoms with van der Waals surface area (Å²) in [6, 6.07) is 6.95. The topological polar surface area (TPSA) is 96.6 Å². The number of benzene rings is 1. The minimum atomic E-state index is -3.59. The summed E-state index contributed by atoms with van der Waals surface area (Å²) in [5.74, 6) is 1.52. The molecule has 3 rings (SSSR count). The average Bonchev–Trinajstić information content (AvgIpc) is 3.38. The second-order valence-electron chi connectivity index (χ2n) is 8.43. The van der Waals surface area contributed by atoms with Crippen molar-refractivity contribution in [3.63, 3.8) is 0 Å². The lowest BCUT2D eigenvalue weighted by atomic mass is 10.1. The van der Waals surface area contributed by atoms with Gasteiger partial charge in [-0.25, -0.2) is 8.42 Å². The van der Waals surface area contributed by atoms with Crippen LogP contribution in [0.5, 0.6) is 0 Å². The number of sulfonamides is 1. The highest BCUT2D eigenvalue weighted by Crippen LogP contribution is 2.26. The van der Waals surface area contributed by atoms with E-state index in [2.05, 4.69) is 24.0 Å². The molecule has 0 spiro atoms. The number of carbonyl (C=O) groups excluding carboxylic acids is 1. The monoisotopic (exact) mass is 448 g/mol. The van der Waals surface area contributed by atoms with Gasteiger partial charge in [0.1, 0.15) is 0 Å². The molecule has 0 N–H and O–H groups in total. The maximum Gasteiger partial charge on any atom is 0.243 e. The van der Waals surface area contributed by atoms with Crippen LogP contribution in [0.4, 0.5) is 0 Å². The standard InChI is InChI=1S/C22H32N4O4S/c1-5-18-8-6-7-9-20(18)31(28,29)25-12-10-19(15-25)26(17(4)27)13-11-21-23-22(30-24-21)14-16(2)3/h6-9,16,19H,5,10-15H2,1-4H3. The molecular formula is C22H32N4O4S. The van der Waals surface area contributed by atoms with Crippen molar-refractivity contribution in [3.05, 3.63) is 41.5 Å². The van der Waals surface area contributed by atoms with E-state index in [0.29, 0.717) is 61.4 Å². The molecule has 31 heavy (non-hydrogen) atoms. The van der Waals surface area contributed by atoms with Crippen LogP contribution in [-0.4, -0.2) is 59.3 Å². The fourth-order valence-electron chi connectivity index (χ4n) is 4.01. The first-order valence-corrected chi connectivity index (χ1v) is 12.3. The minimum absolute atomic E-state index is 0.0795. The Morgan fingerprint density at radius 2 is 2.06 bits per heavy atom. The van der Waals surface area contributed by atoms with Gasteiger partial charge in [0.05, 0.1) is 4.90 Å². The molecule has 0 radical (unpaired) electrons. The summed E-state index contributed by atoms with van der Waals surface area (Å²) in [6.45, 7) is 8.76. The van der Waals surface area contributed by atoms with E-state index in [0.717, 1.165) is 12.0 Å². The molecule has 1 aromatic carbocycles. The van der Waals surface area contributed by atoms with Crippen LogP contribution in [-0.2, 0) is 34.1 Å². The largest absolute Gasteiger partial charge is 0.339 e. The molecule has 1 fully saturated rings. The van der Waals surface area contributed by atoms with Gasteiger partial charge in [0.25, 0.3) is 0 Å². The third-order valence-electron chi connectivity index (χ3n) is 5.61. The fourth-order valence-corrected chi connectivity index (χ4v) is 5.80. The predicted molar refractivity (Wildman–Crippen MR) is 117 cm³/mol. The maximum absolute atomic E-state index is 13.2. The molecule has 2 aromatic rings. The number of aromatic nitrogens is 2. The van der Waals surface area contributed by atoms with Crippen molar-refractivity contribution in [2.45, 2.75) is 64.3 Å². The fraction of sp³-hybridized carbons (Fsp3) is 0.591. The highest BCUT2D eigenvalue weighted by Gasteiger charge is 2.36. The van der Waals surface area contributed by atoms with E-state index in [1.165, 1.54) is 11.2 Å². The lowest BCUT2D eigenvalue weighted by molar-refractivity contribution is -0.130. The summed E-state index contributed by atoms with van der Waals surface area (Å²) >= 11 is 0. The van der Waals surface area contributed by atoms with Crippen molar-refractivity contribution in [2.24, 2.45) is 5.92 Å². The summed E-state index contributed by atoms with van der Waals surface area (Å²) in [7, 11) is -3.59. The Kier molecular flexibility index (Phi) is 7.48. The van der Waals surface area contributed by atoms with Gasteiger partial charge in [-0.1, -0.05) is 44.1 Å². The number of hydrogen-bond acceptors (Lipinski definition) is 6. The summed E-state index contributed by atoms with van der Waals surface area (Å²) in [5, 5.41) is 4.01. The van der Waals surface area contributed by atoms with Crippen molar-refractivity contribution < 1.29 is 17.7 Å². The van der Waals surface area contributed by atoms with E-state index >= 15 is 0 Å². The average molecular weight is 449 g/mol. The molecule has 0 aliphatic carbocycles. The molecule has 1 amide bonds. The van der Waals surface area contributed by atoms with Crippen molar-refractivity contribution in [1.29, 1.82) is 0 Å². The highest BCUT2D eigenvalue weighted by atomic mass is 32.2. The lowest BCUT2D eigenvalue weighted by Crippen LogP contribution is -2.42. The Morgan fingerprint density at radius 1 is 1.32 bits per heavy atom. The van der Waals surface area contributed by atoms with E-state index in [1.54, 1.807) is 17.0 Å². The Balaban J connectivity index is 1.67. The van der Waals surface area contributed by atoms with Crippen molar-refractivity contribution in [2.75, 3.05) is 19.6 Å². The SMILES string of the molecule is CCc1ccccc1S(=O)(=O)N1CCC(N(CCc2noc(CC(C)C)n2)C(C)=O)C1. The van der Waals surface area contributed by atoms with Crippen LogP contribution >= 0.6 is 0 Å². The molecule has 1 unspecified atom stereocenters. The van der Waals surface area contributed by atoms with E-state index < -0.39 is 10.0 Å². The smallest absolute Gasteiger partial charge is 0.243 e. The van der Waals surface area contributed by atoms with Gasteiger partial charge in [0, 0.05) is 45.4 Å². The van der Waals surface area contributed by atoms with E-state index in [9.17, 15) is 13.2 Å². The van der Waals surface area contributed by atoms with Crippen LogP contribution in [0.2, 0.25) is 0 Å². The van der Waals surface area contributed by atoms with E-state index in [1.807, 2.05) is 19.1 Å². The zero-order chi connectivity index (χ0) is 22.6. The van der Waals surface area contributed by atoms with E-state index in [4.69, 9.17) is 4.52 Å². The van der Waals surface area contributed by atoms with Crippen LogP contribution in [0.25, 0.3) is 0 Å². The summed E-state index contributed by atoms with van der Waals surface area (Å²) in [4.78, 5) is 18.8. The first kappa shape index (κ1) is 23.4. The molecule has 1 atom stereocenters. The quantitative estimate of drug-likeness (QED) is 0.585. The molecule has 0 bridgehead atoms. The van der Waals surface area contributed by atoms with Gasteiger partial charge < -0.3 is 9.42 Å². The molecule has 2 heterocycles. The molecule has 1 aliphatic heterocycles. The Labute approximate surface area is 184 Å². The van der Waals surface area contributed by atoms with Crippen molar-refractivity contribution >= 4 is 15.9 Å². The van der Waals surface area contributed by atoms with Gasteiger partial charge in [0.15, 0.2) is 5.82 Å². The third-order valence-corrected chi connectivity index (χ3v) is 7.58. The lowest BCUT2D eigenvalue weighted by Gasteiger charge is -2.27. The van der Waals surface area contributed by atoms with Gasteiger partial charge >= 0.3 is 0 Å². The number of nitrogens with zero attached hydrogens (tertiary/aromatic N) is 4. The summed E-state index contributed by atoms with van der Waals surface area (Å²) in [5.41, 5.74) is 0.809. The van der Waals surface area contributed by atoms with Crippen LogP contribution < -0.4 is 0 Å². The third kappa shape index (κ3) is 5.51. The zero-order valence-corrected chi connectivity index (χ0v) is 19.6.